The van der Waals surface area contributed by atoms with Gasteiger partial charge in [0, 0.05) is 29.4 Å². The van der Waals surface area contributed by atoms with Gasteiger partial charge in [-0.05, 0) is 30.3 Å². The fraction of sp³-hybridized carbons (Fsp3) is 0.211. The highest BCUT2D eigenvalue weighted by Gasteiger charge is 2.23. The summed E-state index contributed by atoms with van der Waals surface area (Å²) >= 11 is 5.93. The largest absolute Gasteiger partial charge is 0.468 e. The average molecular weight is 359 g/mol. The van der Waals surface area contributed by atoms with E-state index < -0.39 is 12.0 Å². The minimum Gasteiger partial charge on any atom is -0.468 e. The van der Waals surface area contributed by atoms with Gasteiger partial charge in [-0.15, -0.1) is 0 Å². The maximum Gasteiger partial charge on any atom is 0.322 e. The Hall–Kier alpha value is -2.50. The number of aromatic nitrogens is 1. The van der Waals surface area contributed by atoms with E-state index in [1.807, 2.05) is 35.9 Å². The van der Waals surface area contributed by atoms with E-state index >= 15 is 0 Å². The predicted octanol–water partition coefficient (Wildman–Crippen LogP) is 3.67. The molecule has 0 fully saturated rings. The fourth-order valence-corrected chi connectivity index (χ4v) is 2.97. The Bertz CT molecular complexity index is 903. The number of halogens is 1. The zero-order chi connectivity index (χ0) is 18.0. The van der Waals surface area contributed by atoms with Crippen LogP contribution in [-0.2, 0) is 23.0 Å². The third-order valence-electron chi connectivity index (χ3n) is 4.11. The van der Waals surface area contributed by atoms with Crippen LogP contribution in [0.25, 0.3) is 10.9 Å². The van der Waals surface area contributed by atoms with Crippen LogP contribution in [0.4, 0.5) is 0 Å². The minimum absolute atomic E-state index is 0.316. The van der Waals surface area contributed by atoms with E-state index in [2.05, 4.69) is 0 Å². The summed E-state index contributed by atoms with van der Waals surface area (Å²) in [7, 11) is 3.25. The van der Waals surface area contributed by atoms with Crippen molar-refractivity contribution in [3.63, 3.8) is 0 Å². The van der Waals surface area contributed by atoms with E-state index in [1.165, 1.54) is 7.11 Å². The van der Waals surface area contributed by atoms with Crippen LogP contribution in [0, 0.1) is 0 Å². The smallest absolute Gasteiger partial charge is 0.322 e. The summed E-state index contributed by atoms with van der Waals surface area (Å²) in [6.07, 6.45) is 0.316. The molecule has 0 radical (unpaired) electrons. The molecule has 6 heteroatoms. The molecule has 5 nitrogen and oxygen atoms in total. The lowest BCUT2D eigenvalue weighted by molar-refractivity contribution is -0.142. The van der Waals surface area contributed by atoms with E-state index in [-0.39, 0.29) is 0 Å². The summed E-state index contributed by atoms with van der Waals surface area (Å²) < 4.78 is 12.8. The molecule has 1 atom stereocenters. The van der Waals surface area contributed by atoms with Crippen molar-refractivity contribution in [3.8, 4) is 11.6 Å². The van der Waals surface area contributed by atoms with Gasteiger partial charge in [-0.25, -0.2) is 0 Å². The van der Waals surface area contributed by atoms with Crippen LogP contribution in [0.2, 0.25) is 5.02 Å². The van der Waals surface area contributed by atoms with E-state index in [0.29, 0.717) is 23.1 Å². The van der Waals surface area contributed by atoms with Crippen molar-refractivity contribution >= 4 is 28.5 Å². The summed E-state index contributed by atoms with van der Waals surface area (Å²) in [5.74, 6) is 0.844. The highest BCUT2D eigenvalue weighted by Crippen LogP contribution is 2.35. The van der Waals surface area contributed by atoms with E-state index in [4.69, 9.17) is 26.8 Å². The van der Waals surface area contributed by atoms with Gasteiger partial charge in [0.15, 0.2) is 0 Å². The zero-order valence-corrected chi connectivity index (χ0v) is 14.8. The second-order valence-electron chi connectivity index (χ2n) is 5.75. The van der Waals surface area contributed by atoms with Crippen LogP contribution in [0.15, 0.2) is 48.5 Å². The molecule has 2 aromatic carbocycles. The molecule has 1 unspecified atom stereocenters. The predicted molar refractivity (Wildman–Crippen MR) is 98.1 cm³/mol. The van der Waals surface area contributed by atoms with E-state index in [1.54, 1.807) is 24.3 Å². The molecule has 0 bridgehead atoms. The monoisotopic (exact) mass is 358 g/mol. The lowest BCUT2D eigenvalue weighted by Gasteiger charge is -2.13. The van der Waals surface area contributed by atoms with Crippen molar-refractivity contribution in [2.24, 2.45) is 12.8 Å². The molecular formula is C19H19ClN2O3. The second kappa shape index (κ2) is 7.17. The van der Waals surface area contributed by atoms with Gasteiger partial charge in [-0.1, -0.05) is 29.8 Å². The third kappa shape index (κ3) is 3.48. The Labute approximate surface area is 150 Å². The molecule has 0 aliphatic rings. The molecule has 0 spiro atoms. The van der Waals surface area contributed by atoms with Gasteiger partial charge in [0.05, 0.1) is 12.6 Å². The summed E-state index contributed by atoms with van der Waals surface area (Å²) in [6.45, 7) is 0. The van der Waals surface area contributed by atoms with Gasteiger partial charge in [-0.3, -0.25) is 4.79 Å². The number of methoxy groups -OCH3 is 1. The number of benzene rings is 2. The van der Waals surface area contributed by atoms with Gasteiger partial charge < -0.3 is 19.8 Å². The first-order chi connectivity index (χ1) is 12.0. The van der Waals surface area contributed by atoms with Crippen molar-refractivity contribution in [1.29, 1.82) is 0 Å². The third-order valence-corrected chi connectivity index (χ3v) is 4.36. The summed E-state index contributed by atoms with van der Waals surface area (Å²) in [5.41, 5.74) is 7.85. The van der Waals surface area contributed by atoms with Crippen LogP contribution >= 0.6 is 11.6 Å². The van der Waals surface area contributed by atoms with Crippen LogP contribution in [0.5, 0.6) is 11.6 Å². The number of hydrogen-bond acceptors (Lipinski definition) is 4. The van der Waals surface area contributed by atoms with Crippen LogP contribution in [0.1, 0.15) is 5.56 Å². The molecule has 1 aromatic heterocycles. The maximum absolute atomic E-state index is 11.8. The van der Waals surface area contributed by atoms with Crippen molar-refractivity contribution < 1.29 is 14.3 Å². The number of rotatable bonds is 5. The molecule has 0 aliphatic heterocycles. The summed E-state index contributed by atoms with van der Waals surface area (Å²) in [4.78, 5) is 11.8. The Morgan fingerprint density at radius 1 is 1.20 bits per heavy atom. The Morgan fingerprint density at radius 2 is 1.88 bits per heavy atom. The van der Waals surface area contributed by atoms with Gasteiger partial charge in [0.25, 0.3) is 0 Å². The zero-order valence-electron chi connectivity index (χ0n) is 14.0. The lowest BCUT2D eigenvalue weighted by atomic mass is 10.1. The number of ether oxygens (including phenoxy) is 2. The van der Waals surface area contributed by atoms with Crippen LogP contribution in [-0.4, -0.2) is 23.7 Å². The average Bonchev–Trinajstić information content (AvgIpc) is 2.89. The van der Waals surface area contributed by atoms with Crippen LogP contribution < -0.4 is 10.5 Å². The minimum atomic E-state index is -0.761. The van der Waals surface area contributed by atoms with Gasteiger partial charge >= 0.3 is 5.97 Å². The Kier molecular flexibility index (Phi) is 4.97. The van der Waals surface area contributed by atoms with E-state index in [0.717, 1.165) is 16.5 Å². The topological polar surface area (TPSA) is 66.5 Å². The Morgan fingerprint density at radius 3 is 2.56 bits per heavy atom. The number of carbonyl (C=O) groups excluding carboxylic acids is 1. The molecule has 3 aromatic rings. The highest BCUT2D eigenvalue weighted by atomic mass is 35.5. The van der Waals surface area contributed by atoms with E-state index in [9.17, 15) is 4.79 Å². The first-order valence-corrected chi connectivity index (χ1v) is 8.22. The molecule has 0 saturated heterocycles. The highest BCUT2D eigenvalue weighted by molar-refractivity contribution is 6.30. The molecule has 25 heavy (non-hydrogen) atoms. The molecule has 0 saturated carbocycles. The number of para-hydroxylation sites is 1. The molecule has 2 N–H and O–H groups in total. The fourth-order valence-electron chi connectivity index (χ4n) is 2.84. The van der Waals surface area contributed by atoms with Crippen molar-refractivity contribution in [2.75, 3.05) is 7.11 Å². The quantitative estimate of drug-likeness (QED) is 0.707. The van der Waals surface area contributed by atoms with Crippen molar-refractivity contribution in [2.45, 2.75) is 12.5 Å². The summed E-state index contributed by atoms with van der Waals surface area (Å²) in [5, 5.41) is 1.63. The number of hydrogen-bond donors (Lipinski definition) is 1. The van der Waals surface area contributed by atoms with Gasteiger partial charge in [0.2, 0.25) is 5.88 Å². The van der Waals surface area contributed by atoms with Crippen molar-refractivity contribution in [3.05, 3.63) is 59.1 Å². The molecule has 130 valence electrons. The van der Waals surface area contributed by atoms with Crippen LogP contribution in [0.3, 0.4) is 0 Å². The molecular weight excluding hydrogens is 340 g/mol. The van der Waals surface area contributed by atoms with Crippen molar-refractivity contribution in [1.82, 2.24) is 4.57 Å². The normalized spacial score (nSPS) is 12.2. The SMILES string of the molecule is COC(=O)C(N)Cc1c(Oc2ccc(Cl)cc2)n(C)c2ccccc12. The number of fused-ring (bicyclic) bond motifs is 1. The number of aryl methyl sites for hydroxylation is 1. The second-order valence-corrected chi connectivity index (χ2v) is 6.19. The number of carbonyl (C=O) groups is 1. The number of nitrogens with zero attached hydrogens (tertiary/aromatic N) is 1. The first kappa shape index (κ1) is 17.3. The molecule has 1 heterocycles. The molecule has 3 rings (SSSR count). The summed E-state index contributed by atoms with van der Waals surface area (Å²) in [6, 6.07) is 14.2. The molecule has 0 amide bonds. The molecule has 0 aliphatic carbocycles. The number of nitrogens with two attached hydrogens (primary N) is 1. The van der Waals surface area contributed by atoms with Gasteiger partial charge in [-0.2, -0.15) is 0 Å². The maximum atomic E-state index is 11.8. The Balaban J connectivity index is 2.06. The first-order valence-electron chi connectivity index (χ1n) is 7.84. The lowest BCUT2D eigenvalue weighted by Crippen LogP contribution is -2.33. The standard InChI is InChI=1S/C19H19ClN2O3/c1-22-17-6-4-3-5-14(17)15(11-16(21)19(23)24-2)18(22)25-13-9-7-12(20)8-10-13/h3-10,16H,11,21H2,1-2H3. The number of esters is 1. The van der Waals surface area contributed by atoms with Gasteiger partial charge in [0.1, 0.15) is 11.8 Å².